The second-order valence-electron chi connectivity index (χ2n) is 4.34. The highest BCUT2D eigenvalue weighted by Gasteiger charge is 2.02. The average molecular weight is 223 g/mol. The fourth-order valence-corrected chi connectivity index (χ4v) is 2.41. The molecule has 0 bridgehead atoms. The van der Waals surface area contributed by atoms with Crippen molar-refractivity contribution >= 4 is 11.8 Å². The van der Waals surface area contributed by atoms with Crippen LogP contribution in [0.25, 0.3) is 0 Å². The summed E-state index contributed by atoms with van der Waals surface area (Å²) in [6.45, 7) is 7.67. The van der Waals surface area contributed by atoms with E-state index < -0.39 is 0 Å². The highest BCUT2D eigenvalue weighted by molar-refractivity contribution is 7.99. The van der Waals surface area contributed by atoms with Gasteiger partial charge in [-0.2, -0.15) is 0 Å². The Kier molecular flexibility index (Phi) is 5.20. The number of nitrogens with one attached hydrogen (secondary N) is 1. The summed E-state index contributed by atoms with van der Waals surface area (Å²) in [5.74, 6) is 1.96. The van der Waals surface area contributed by atoms with Crippen LogP contribution in [-0.2, 0) is 6.54 Å². The van der Waals surface area contributed by atoms with Crippen molar-refractivity contribution < 1.29 is 0 Å². The average Bonchev–Trinajstić information content (AvgIpc) is 2.17. The Hall–Kier alpha value is -0.470. The molecule has 0 atom stereocenters. The van der Waals surface area contributed by atoms with Gasteiger partial charge < -0.3 is 5.32 Å². The van der Waals surface area contributed by atoms with Crippen LogP contribution in [0.3, 0.4) is 0 Å². The van der Waals surface area contributed by atoms with Crippen LogP contribution in [0.5, 0.6) is 0 Å². The molecule has 0 aromatic heterocycles. The lowest BCUT2D eigenvalue weighted by atomic mass is 10.1. The van der Waals surface area contributed by atoms with E-state index in [0.717, 1.165) is 12.5 Å². The predicted molar refractivity (Wildman–Crippen MR) is 69.5 cm³/mol. The van der Waals surface area contributed by atoms with Crippen molar-refractivity contribution in [2.75, 3.05) is 12.8 Å². The molecule has 1 N–H and O–H groups in total. The van der Waals surface area contributed by atoms with E-state index in [1.807, 2.05) is 18.8 Å². The molecule has 0 radical (unpaired) electrons. The summed E-state index contributed by atoms with van der Waals surface area (Å²) in [6, 6.07) is 6.74. The molecule has 2 heteroatoms. The Balaban J connectivity index is 2.66. The molecule has 1 nitrogen and oxygen atoms in total. The molecule has 0 aliphatic carbocycles. The summed E-state index contributed by atoms with van der Waals surface area (Å²) in [4.78, 5) is 1.42. The van der Waals surface area contributed by atoms with Gasteiger partial charge in [0.1, 0.15) is 0 Å². The predicted octanol–water partition coefficient (Wildman–Crippen LogP) is 3.46. The topological polar surface area (TPSA) is 12.0 Å². The summed E-state index contributed by atoms with van der Waals surface area (Å²) in [5.41, 5.74) is 2.76. The van der Waals surface area contributed by atoms with Crippen molar-refractivity contribution in [3.8, 4) is 0 Å². The van der Waals surface area contributed by atoms with Gasteiger partial charge in [0, 0.05) is 17.2 Å². The lowest BCUT2D eigenvalue weighted by molar-refractivity contribution is 0.750. The van der Waals surface area contributed by atoms with Gasteiger partial charge in [-0.1, -0.05) is 26.0 Å². The molecule has 0 saturated heterocycles. The Morgan fingerprint density at radius 3 is 2.60 bits per heavy atom. The van der Waals surface area contributed by atoms with Crippen LogP contribution in [0, 0.1) is 12.8 Å². The standard InChI is InChI=1S/C13H21NS/c1-10(2)9-15-13-6-5-12(8-14-4)7-11(13)3/h5-7,10,14H,8-9H2,1-4H3. The van der Waals surface area contributed by atoms with Gasteiger partial charge in [0.15, 0.2) is 0 Å². The van der Waals surface area contributed by atoms with Gasteiger partial charge in [0.25, 0.3) is 0 Å². The molecule has 0 aliphatic heterocycles. The molecule has 1 rings (SSSR count). The van der Waals surface area contributed by atoms with E-state index in [9.17, 15) is 0 Å². The van der Waals surface area contributed by atoms with Crippen LogP contribution in [0.2, 0.25) is 0 Å². The minimum absolute atomic E-state index is 0.756. The first-order valence-electron chi connectivity index (χ1n) is 5.50. The maximum Gasteiger partial charge on any atom is 0.0202 e. The summed E-state index contributed by atoms with van der Waals surface area (Å²) in [5, 5.41) is 3.17. The van der Waals surface area contributed by atoms with E-state index in [1.165, 1.54) is 21.8 Å². The van der Waals surface area contributed by atoms with Crippen molar-refractivity contribution in [1.29, 1.82) is 0 Å². The van der Waals surface area contributed by atoms with E-state index in [4.69, 9.17) is 0 Å². The number of thioether (sulfide) groups is 1. The highest BCUT2D eigenvalue weighted by Crippen LogP contribution is 2.25. The third-order valence-electron chi connectivity index (χ3n) is 2.19. The summed E-state index contributed by atoms with van der Waals surface area (Å²) >= 11 is 1.96. The molecule has 0 spiro atoms. The van der Waals surface area contributed by atoms with Crippen molar-refractivity contribution in [3.63, 3.8) is 0 Å². The zero-order chi connectivity index (χ0) is 11.3. The van der Waals surface area contributed by atoms with E-state index in [1.54, 1.807) is 0 Å². The maximum absolute atomic E-state index is 3.17. The highest BCUT2D eigenvalue weighted by atomic mass is 32.2. The van der Waals surface area contributed by atoms with Gasteiger partial charge in [0.05, 0.1) is 0 Å². The minimum atomic E-state index is 0.756. The molecule has 1 aromatic rings. The van der Waals surface area contributed by atoms with E-state index in [-0.39, 0.29) is 0 Å². The fraction of sp³-hybridized carbons (Fsp3) is 0.538. The molecule has 0 aliphatic rings. The zero-order valence-electron chi connectivity index (χ0n) is 10.1. The van der Waals surface area contributed by atoms with Crippen molar-refractivity contribution in [2.24, 2.45) is 5.92 Å². The number of aryl methyl sites for hydroxylation is 1. The molecule has 0 fully saturated rings. The quantitative estimate of drug-likeness (QED) is 0.767. The van der Waals surface area contributed by atoms with E-state index in [2.05, 4.69) is 44.3 Å². The summed E-state index contributed by atoms with van der Waals surface area (Å²) in [6.07, 6.45) is 0. The van der Waals surface area contributed by atoms with Gasteiger partial charge in [-0.25, -0.2) is 0 Å². The van der Waals surface area contributed by atoms with Crippen LogP contribution in [0.15, 0.2) is 23.1 Å². The Labute approximate surface area is 97.7 Å². The minimum Gasteiger partial charge on any atom is -0.316 e. The fourth-order valence-electron chi connectivity index (χ4n) is 1.44. The number of hydrogen-bond donors (Lipinski definition) is 1. The third kappa shape index (κ3) is 4.27. The lowest BCUT2D eigenvalue weighted by Gasteiger charge is -2.09. The Morgan fingerprint density at radius 2 is 2.07 bits per heavy atom. The second-order valence-corrected chi connectivity index (χ2v) is 5.40. The van der Waals surface area contributed by atoms with Crippen LogP contribution in [-0.4, -0.2) is 12.8 Å². The lowest BCUT2D eigenvalue weighted by Crippen LogP contribution is -2.05. The molecule has 84 valence electrons. The normalized spacial score (nSPS) is 11.0. The molecule has 0 unspecified atom stereocenters. The van der Waals surface area contributed by atoms with Gasteiger partial charge in [-0.15, -0.1) is 11.8 Å². The van der Waals surface area contributed by atoms with Gasteiger partial charge in [0.2, 0.25) is 0 Å². The zero-order valence-corrected chi connectivity index (χ0v) is 10.9. The van der Waals surface area contributed by atoms with Crippen molar-refractivity contribution in [1.82, 2.24) is 5.32 Å². The number of hydrogen-bond acceptors (Lipinski definition) is 2. The van der Waals surface area contributed by atoms with Crippen LogP contribution < -0.4 is 5.32 Å². The van der Waals surface area contributed by atoms with Crippen LogP contribution >= 0.6 is 11.8 Å². The molecule has 1 aromatic carbocycles. The SMILES string of the molecule is CNCc1ccc(SCC(C)C)c(C)c1. The molecular weight excluding hydrogens is 202 g/mol. The van der Waals surface area contributed by atoms with Crippen molar-refractivity contribution in [2.45, 2.75) is 32.2 Å². The summed E-state index contributed by atoms with van der Waals surface area (Å²) < 4.78 is 0. The maximum atomic E-state index is 3.17. The van der Waals surface area contributed by atoms with Crippen LogP contribution in [0.4, 0.5) is 0 Å². The first-order valence-corrected chi connectivity index (χ1v) is 6.49. The number of benzene rings is 1. The largest absolute Gasteiger partial charge is 0.316 e. The smallest absolute Gasteiger partial charge is 0.0202 e. The molecular formula is C13H21NS. The Morgan fingerprint density at radius 1 is 1.33 bits per heavy atom. The molecule has 0 amide bonds. The van der Waals surface area contributed by atoms with E-state index >= 15 is 0 Å². The van der Waals surface area contributed by atoms with E-state index in [0.29, 0.717) is 0 Å². The van der Waals surface area contributed by atoms with Gasteiger partial charge in [-0.3, -0.25) is 0 Å². The summed E-state index contributed by atoms with van der Waals surface area (Å²) in [7, 11) is 1.98. The van der Waals surface area contributed by atoms with Gasteiger partial charge >= 0.3 is 0 Å². The van der Waals surface area contributed by atoms with Crippen LogP contribution in [0.1, 0.15) is 25.0 Å². The van der Waals surface area contributed by atoms with Gasteiger partial charge in [-0.05, 0) is 37.1 Å². The number of rotatable bonds is 5. The molecule has 0 heterocycles. The molecule has 0 saturated carbocycles. The second kappa shape index (κ2) is 6.19. The first-order chi connectivity index (χ1) is 7.13. The first kappa shape index (κ1) is 12.6. The molecule has 15 heavy (non-hydrogen) atoms. The van der Waals surface area contributed by atoms with Crippen molar-refractivity contribution in [3.05, 3.63) is 29.3 Å². The third-order valence-corrected chi connectivity index (χ3v) is 3.79. The Bertz CT molecular complexity index is 307. The monoisotopic (exact) mass is 223 g/mol.